The van der Waals surface area contributed by atoms with Gasteiger partial charge in [-0.1, -0.05) is 24.3 Å². The van der Waals surface area contributed by atoms with Gasteiger partial charge in [0.2, 0.25) is 15.9 Å². The first-order valence-corrected chi connectivity index (χ1v) is 9.95. The fraction of sp³-hybridized carbons (Fsp3) is 0.222. The van der Waals surface area contributed by atoms with E-state index in [1.54, 1.807) is 30.3 Å². The van der Waals surface area contributed by atoms with Crippen LogP contribution in [-0.4, -0.2) is 26.8 Å². The van der Waals surface area contributed by atoms with E-state index in [1.807, 2.05) is 6.07 Å². The number of rotatable bonds is 6. The second-order valence-electron chi connectivity index (χ2n) is 6.18. The number of carbonyl (C=O) groups is 2. The van der Waals surface area contributed by atoms with Gasteiger partial charge >= 0.3 is 0 Å². The molecule has 2 amide bonds. The van der Waals surface area contributed by atoms with Crippen LogP contribution in [0.4, 0.5) is 11.4 Å². The Balaban J connectivity index is 1.63. The molecular weight excluding hydrogens is 370 g/mol. The molecule has 9 heteroatoms. The van der Waals surface area contributed by atoms with E-state index < -0.39 is 15.9 Å². The Kier molecular flexibility index (Phi) is 5.43. The lowest BCUT2D eigenvalue weighted by atomic mass is 10.0. The van der Waals surface area contributed by atoms with Gasteiger partial charge in [-0.15, -0.1) is 0 Å². The van der Waals surface area contributed by atoms with Gasteiger partial charge in [-0.2, -0.15) is 0 Å². The number of aryl methyl sites for hydroxylation is 1. The van der Waals surface area contributed by atoms with Crippen LogP contribution in [0.2, 0.25) is 0 Å². The number of amides is 2. The van der Waals surface area contributed by atoms with E-state index >= 15 is 0 Å². The summed E-state index contributed by atoms with van der Waals surface area (Å²) in [6, 6.07) is 11.8. The van der Waals surface area contributed by atoms with Gasteiger partial charge in [-0.3, -0.25) is 9.59 Å². The number of nitrogens with two attached hydrogens (primary N) is 1. The monoisotopic (exact) mass is 389 g/mol. The van der Waals surface area contributed by atoms with E-state index in [2.05, 4.69) is 10.6 Å². The van der Waals surface area contributed by atoms with Gasteiger partial charge in [-0.25, -0.2) is 13.6 Å². The quantitative estimate of drug-likeness (QED) is 0.688. The highest BCUT2D eigenvalue weighted by molar-refractivity contribution is 7.88. The Labute approximate surface area is 156 Å². The summed E-state index contributed by atoms with van der Waals surface area (Å²) in [6.07, 6.45) is 1.05. The molecule has 0 unspecified atom stereocenters. The van der Waals surface area contributed by atoms with Gasteiger partial charge in [0.25, 0.3) is 5.91 Å². The normalized spacial score (nSPS) is 13.4. The Morgan fingerprint density at radius 2 is 1.96 bits per heavy atom. The van der Waals surface area contributed by atoms with E-state index in [1.165, 1.54) is 6.07 Å². The molecule has 27 heavy (non-hydrogen) atoms. The standard InChI is InChI=1S/C18H19N3O5S/c19-27(24,25)11-12-3-1-5-14(9-12)20-17(23)10-26-15-6-2-4-13-7-8-16(22)21-18(13)15/h1-6,9H,7-8,10-11H2,(H,20,23)(H,21,22)(H2,19,24,25). The number of para-hydroxylation sites is 1. The Hall–Kier alpha value is -2.91. The fourth-order valence-corrected chi connectivity index (χ4v) is 3.45. The first kappa shape index (κ1) is 18.9. The van der Waals surface area contributed by atoms with E-state index in [-0.39, 0.29) is 18.3 Å². The van der Waals surface area contributed by atoms with Crippen LogP contribution in [0.3, 0.4) is 0 Å². The summed E-state index contributed by atoms with van der Waals surface area (Å²) in [7, 11) is -3.65. The maximum atomic E-state index is 12.1. The van der Waals surface area contributed by atoms with Crippen molar-refractivity contribution in [2.75, 3.05) is 17.2 Å². The van der Waals surface area contributed by atoms with Crippen molar-refractivity contribution < 1.29 is 22.7 Å². The number of primary sulfonamides is 1. The second-order valence-corrected chi connectivity index (χ2v) is 7.80. The number of carbonyl (C=O) groups excluding carboxylic acids is 2. The molecule has 8 nitrogen and oxygen atoms in total. The molecule has 0 atom stereocenters. The predicted octanol–water partition coefficient (Wildman–Crippen LogP) is 1.38. The maximum absolute atomic E-state index is 12.1. The van der Waals surface area contributed by atoms with Crippen molar-refractivity contribution in [3.63, 3.8) is 0 Å². The molecule has 1 aliphatic heterocycles. The third kappa shape index (κ3) is 5.28. The number of anilines is 2. The topological polar surface area (TPSA) is 128 Å². The molecule has 142 valence electrons. The zero-order chi connectivity index (χ0) is 19.4. The van der Waals surface area contributed by atoms with E-state index in [4.69, 9.17) is 9.88 Å². The van der Waals surface area contributed by atoms with Crippen molar-refractivity contribution in [2.24, 2.45) is 5.14 Å². The maximum Gasteiger partial charge on any atom is 0.262 e. The van der Waals surface area contributed by atoms with Gasteiger partial charge < -0.3 is 15.4 Å². The molecule has 0 aliphatic carbocycles. The average molecular weight is 389 g/mol. The molecule has 1 heterocycles. The highest BCUT2D eigenvalue weighted by Crippen LogP contribution is 2.32. The van der Waals surface area contributed by atoms with Gasteiger partial charge in [0, 0.05) is 12.1 Å². The molecular formula is C18H19N3O5S. The largest absolute Gasteiger partial charge is 0.482 e. The van der Waals surface area contributed by atoms with Crippen LogP contribution in [0.1, 0.15) is 17.5 Å². The number of hydrogen-bond donors (Lipinski definition) is 3. The first-order valence-electron chi connectivity index (χ1n) is 8.24. The highest BCUT2D eigenvalue weighted by atomic mass is 32.2. The van der Waals surface area contributed by atoms with Crippen molar-refractivity contribution in [1.82, 2.24) is 0 Å². The van der Waals surface area contributed by atoms with Crippen molar-refractivity contribution in [3.8, 4) is 5.75 Å². The summed E-state index contributed by atoms with van der Waals surface area (Å²) in [5.74, 6) is -0.390. The molecule has 1 aliphatic rings. The third-order valence-corrected chi connectivity index (χ3v) is 4.67. The number of benzene rings is 2. The van der Waals surface area contributed by atoms with Gasteiger partial charge in [0.15, 0.2) is 6.61 Å². The van der Waals surface area contributed by atoms with Gasteiger partial charge in [0.1, 0.15) is 5.75 Å². The van der Waals surface area contributed by atoms with Crippen LogP contribution in [-0.2, 0) is 31.8 Å². The van der Waals surface area contributed by atoms with Gasteiger partial charge in [-0.05, 0) is 35.7 Å². The zero-order valence-corrected chi connectivity index (χ0v) is 15.2. The van der Waals surface area contributed by atoms with Crippen LogP contribution in [0, 0.1) is 0 Å². The zero-order valence-electron chi connectivity index (χ0n) is 14.4. The van der Waals surface area contributed by atoms with Crippen LogP contribution in [0.25, 0.3) is 0 Å². The minimum atomic E-state index is -3.65. The van der Waals surface area contributed by atoms with E-state index in [0.29, 0.717) is 35.5 Å². The summed E-state index contributed by atoms with van der Waals surface area (Å²) in [6.45, 7) is -0.258. The molecule has 0 spiro atoms. The summed E-state index contributed by atoms with van der Waals surface area (Å²) < 4.78 is 27.9. The summed E-state index contributed by atoms with van der Waals surface area (Å²) in [5.41, 5.74) is 2.46. The van der Waals surface area contributed by atoms with Crippen LogP contribution in [0.5, 0.6) is 5.75 Å². The number of hydrogen-bond acceptors (Lipinski definition) is 5. The number of sulfonamides is 1. The summed E-state index contributed by atoms with van der Waals surface area (Å²) in [4.78, 5) is 23.7. The number of fused-ring (bicyclic) bond motifs is 1. The Bertz CT molecular complexity index is 988. The smallest absolute Gasteiger partial charge is 0.262 e. The third-order valence-electron chi connectivity index (χ3n) is 3.94. The van der Waals surface area contributed by atoms with E-state index in [0.717, 1.165) is 5.56 Å². The molecule has 0 bridgehead atoms. The van der Waals surface area contributed by atoms with Crippen molar-refractivity contribution in [1.29, 1.82) is 0 Å². The Morgan fingerprint density at radius 3 is 2.74 bits per heavy atom. The number of ether oxygens (including phenoxy) is 1. The second kappa shape index (κ2) is 7.77. The van der Waals surface area contributed by atoms with E-state index in [9.17, 15) is 18.0 Å². The average Bonchev–Trinajstić information content (AvgIpc) is 2.58. The minimum absolute atomic E-state index is 0.0883. The van der Waals surface area contributed by atoms with Crippen molar-refractivity contribution >= 4 is 33.2 Å². The highest BCUT2D eigenvalue weighted by Gasteiger charge is 2.19. The summed E-state index contributed by atoms with van der Waals surface area (Å²) >= 11 is 0. The summed E-state index contributed by atoms with van der Waals surface area (Å²) in [5, 5.41) is 10.4. The SMILES string of the molecule is NS(=O)(=O)Cc1cccc(NC(=O)COc2cccc3c2NC(=O)CC3)c1. The lowest BCUT2D eigenvalue weighted by Gasteiger charge is -2.20. The predicted molar refractivity (Wildman–Crippen MR) is 101 cm³/mol. The Morgan fingerprint density at radius 1 is 1.19 bits per heavy atom. The molecule has 0 aromatic heterocycles. The molecule has 0 radical (unpaired) electrons. The minimum Gasteiger partial charge on any atom is -0.482 e. The van der Waals surface area contributed by atoms with Crippen molar-refractivity contribution in [2.45, 2.75) is 18.6 Å². The fourth-order valence-electron chi connectivity index (χ4n) is 2.81. The molecule has 0 fully saturated rings. The van der Waals surface area contributed by atoms with Gasteiger partial charge in [0.05, 0.1) is 11.4 Å². The van der Waals surface area contributed by atoms with Crippen LogP contribution in [0.15, 0.2) is 42.5 Å². The lowest BCUT2D eigenvalue weighted by molar-refractivity contribution is -0.118. The van der Waals surface area contributed by atoms with Crippen LogP contribution >= 0.6 is 0 Å². The molecule has 2 aromatic carbocycles. The molecule has 4 N–H and O–H groups in total. The molecule has 0 saturated heterocycles. The molecule has 2 aromatic rings. The first-order chi connectivity index (χ1) is 12.8. The molecule has 3 rings (SSSR count). The van der Waals surface area contributed by atoms with Crippen molar-refractivity contribution in [3.05, 3.63) is 53.6 Å². The number of nitrogens with one attached hydrogen (secondary N) is 2. The lowest BCUT2D eigenvalue weighted by Crippen LogP contribution is -2.23. The van der Waals surface area contributed by atoms with Crippen LogP contribution < -0.4 is 20.5 Å². The molecule has 0 saturated carbocycles.